The predicted octanol–water partition coefficient (Wildman–Crippen LogP) is 2.93. The monoisotopic (exact) mass is 419 g/mol. The molecule has 3 heterocycles. The molecule has 2 aromatic heterocycles. The van der Waals surface area contributed by atoms with Crippen molar-refractivity contribution in [3.63, 3.8) is 0 Å². The summed E-state index contributed by atoms with van der Waals surface area (Å²) in [5, 5.41) is 10.1. The number of hydrogen-bond acceptors (Lipinski definition) is 5. The first-order chi connectivity index (χ1) is 15.0. The molecule has 2 N–H and O–H groups in total. The Morgan fingerprint density at radius 1 is 1.19 bits per heavy atom. The van der Waals surface area contributed by atoms with Crippen LogP contribution in [-0.2, 0) is 16.1 Å². The van der Waals surface area contributed by atoms with Crippen LogP contribution in [0.25, 0.3) is 5.82 Å². The minimum absolute atomic E-state index is 0.177. The van der Waals surface area contributed by atoms with E-state index in [2.05, 4.69) is 20.7 Å². The van der Waals surface area contributed by atoms with E-state index in [1.54, 1.807) is 35.1 Å². The first kappa shape index (κ1) is 20.7. The molecule has 3 aromatic rings. The van der Waals surface area contributed by atoms with Gasteiger partial charge >= 0.3 is 0 Å². The molecule has 2 amide bonds. The fourth-order valence-corrected chi connectivity index (χ4v) is 3.54. The van der Waals surface area contributed by atoms with Crippen LogP contribution in [0.15, 0.2) is 48.7 Å². The van der Waals surface area contributed by atoms with Crippen LogP contribution < -0.4 is 10.6 Å². The summed E-state index contributed by atoms with van der Waals surface area (Å²) in [6, 6.07) is 12.6. The number of nitrogens with zero attached hydrogens (tertiary/aromatic N) is 3. The molecule has 8 nitrogen and oxygen atoms in total. The van der Waals surface area contributed by atoms with Gasteiger partial charge in [-0.05, 0) is 62.6 Å². The van der Waals surface area contributed by atoms with Crippen molar-refractivity contribution in [2.24, 2.45) is 0 Å². The van der Waals surface area contributed by atoms with Gasteiger partial charge in [0.05, 0.1) is 5.69 Å². The molecular weight excluding hydrogens is 394 g/mol. The Morgan fingerprint density at radius 2 is 2.06 bits per heavy atom. The van der Waals surface area contributed by atoms with E-state index < -0.39 is 6.10 Å². The molecule has 8 heteroatoms. The highest BCUT2D eigenvalue weighted by atomic mass is 16.5. The molecule has 1 atom stereocenters. The van der Waals surface area contributed by atoms with E-state index in [-0.39, 0.29) is 11.8 Å². The molecule has 31 heavy (non-hydrogen) atoms. The molecule has 1 saturated heterocycles. The second-order valence-corrected chi connectivity index (χ2v) is 7.62. The van der Waals surface area contributed by atoms with Gasteiger partial charge in [0.25, 0.3) is 11.8 Å². The topological polar surface area (TPSA) is 98.1 Å². The molecule has 1 fully saturated rings. The Hall–Kier alpha value is -3.52. The van der Waals surface area contributed by atoms with Crippen molar-refractivity contribution in [1.82, 2.24) is 20.1 Å². The number of anilines is 1. The lowest BCUT2D eigenvalue weighted by Gasteiger charge is -2.11. The Labute approximate surface area is 180 Å². The van der Waals surface area contributed by atoms with Crippen molar-refractivity contribution in [1.29, 1.82) is 0 Å². The number of aromatic nitrogens is 3. The lowest BCUT2D eigenvalue weighted by atomic mass is 10.1. The number of carbonyl (C=O) groups excluding carboxylic acids is 2. The Morgan fingerprint density at radius 3 is 2.74 bits per heavy atom. The second-order valence-electron chi connectivity index (χ2n) is 7.62. The summed E-state index contributed by atoms with van der Waals surface area (Å²) in [6.45, 7) is 4.87. The summed E-state index contributed by atoms with van der Waals surface area (Å²) in [4.78, 5) is 29.2. The Balaban J connectivity index is 1.35. The highest BCUT2D eigenvalue weighted by Crippen LogP contribution is 2.16. The van der Waals surface area contributed by atoms with E-state index in [0.29, 0.717) is 24.4 Å². The van der Waals surface area contributed by atoms with Gasteiger partial charge in [-0.15, -0.1) is 0 Å². The number of carbonyl (C=O) groups is 2. The van der Waals surface area contributed by atoms with Crippen LogP contribution >= 0.6 is 0 Å². The maximum Gasteiger partial charge on any atom is 0.253 e. The van der Waals surface area contributed by atoms with E-state index >= 15 is 0 Å². The lowest BCUT2D eigenvalue weighted by Crippen LogP contribution is -2.27. The van der Waals surface area contributed by atoms with Crippen LogP contribution in [0.2, 0.25) is 0 Å². The molecule has 4 rings (SSSR count). The third kappa shape index (κ3) is 4.97. The van der Waals surface area contributed by atoms with Gasteiger partial charge in [-0.3, -0.25) is 9.59 Å². The van der Waals surface area contributed by atoms with E-state index in [4.69, 9.17) is 4.74 Å². The zero-order valence-electron chi connectivity index (χ0n) is 17.6. The Kier molecular flexibility index (Phi) is 6.08. The second kappa shape index (κ2) is 9.09. The normalized spacial score (nSPS) is 15.6. The van der Waals surface area contributed by atoms with Crippen molar-refractivity contribution in [2.75, 3.05) is 11.9 Å². The predicted molar refractivity (Wildman–Crippen MR) is 116 cm³/mol. The average molecular weight is 419 g/mol. The van der Waals surface area contributed by atoms with Gasteiger partial charge in [-0.1, -0.05) is 12.1 Å². The number of pyridine rings is 1. The van der Waals surface area contributed by atoms with Gasteiger partial charge in [0, 0.05) is 36.3 Å². The zero-order valence-corrected chi connectivity index (χ0v) is 17.6. The molecule has 0 aliphatic carbocycles. The number of hydrogen-bond donors (Lipinski definition) is 2. The maximum absolute atomic E-state index is 12.6. The minimum atomic E-state index is -0.414. The first-order valence-electron chi connectivity index (χ1n) is 10.3. The molecule has 1 aliphatic rings. The van der Waals surface area contributed by atoms with Gasteiger partial charge < -0.3 is 15.4 Å². The van der Waals surface area contributed by atoms with Crippen LogP contribution in [-0.4, -0.2) is 39.3 Å². The number of rotatable bonds is 6. The fraction of sp³-hybridized carbons (Fsp3) is 0.304. The van der Waals surface area contributed by atoms with Gasteiger partial charge in [-0.2, -0.15) is 5.10 Å². The van der Waals surface area contributed by atoms with Crippen LogP contribution in [0.1, 0.15) is 40.2 Å². The van der Waals surface area contributed by atoms with Crippen molar-refractivity contribution in [3.8, 4) is 5.82 Å². The molecule has 0 radical (unpaired) electrons. The van der Waals surface area contributed by atoms with Crippen LogP contribution in [0, 0.1) is 13.8 Å². The number of aryl methyl sites for hydroxylation is 2. The molecule has 0 spiro atoms. The quantitative estimate of drug-likeness (QED) is 0.640. The third-order valence-corrected chi connectivity index (χ3v) is 5.10. The maximum atomic E-state index is 12.6. The molecule has 1 aromatic carbocycles. The summed E-state index contributed by atoms with van der Waals surface area (Å²) < 4.78 is 7.18. The molecule has 0 unspecified atom stereocenters. The highest BCUT2D eigenvalue weighted by Gasteiger charge is 2.23. The average Bonchev–Trinajstić information content (AvgIpc) is 3.42. The number of nitrogens with one attached hydrogen (secondary N) is 2. The summed E-state index contributed by atoms with van der Waals surface area (Å²) in [5.41, 5.74) is 3.87. The largest absolute Gasteiger partial charge is 0.368 e. The van der Waals surface area contributed by atoms with Crippen LogP contribution in [0.3, 0.4) is 0 Å². The van der Waals surface area contributed by atoms with Crippen molar-refractivity contribution < 1.29 is 14.3 Å². The highest BCUT2D eigenvalue weighted by molar-refractivity contribution is 5.98. The summed E-state index contributed by atoms with van der Waals surface area (Å²) >= 11 is 0. The van der Waals surface area contributed by atoms with Gasteiger partial charge in [-0.25, -0.2) is 9.67 Å². The van der Waals surface area contributed by atoms with Gasteiger partial charge in [0.1, 0.15) is 6.10 Å². The SMILES string of the molecule is Cc1cc(C)n(-c2ccc(CNC(=O)c3cccc(NC(=O)[C@@H]4CCCO4)c3)cn2)n1. The first-order valence-corrected chi connectivity index (χ1v) is 10.3. The zero-order chi connectivity index (χ0) is 21.8. The van der Waals surface area contributed by atoms with Crippen LogP contribution in [0.5, 0.6) is 0 Å². The number of ether oxygens (including phenoxy) is 1. The molecular formula is C23H25N5O3. The van der Waals surface area contributed by atoms with Crippen molar-refractivity contribution in [3.05, 3.63) is 71.2 Å². The van der Waals surface area contributed by atoms with Crippen molar-refractivity contribution >= 4 is 17.5 Å². The summed E-state index contributed by atoms with van der Waals surface area (Å²) in [5.74, 6) is 0.329. The van der Waals surface area contributed by atoms with E-state index in [0.717, 1.165) is 35.6 Å². The van der Waals surface area contributed by atoms with E-state index in [1.807, 2.05) is 32.0 Å². The van der Waals surface area contributed by atoms with E-state index in [9.17, 15) is 9.59 Å². The number of amides is 2. The van der Waals surface area contributed by atoms with Gasteiger partial charge in [0.2, 0.25) is 0 Å². The Bertz CT molecular complexity index is 1080. The summed E-state index contributed by atoms with van der Waals surface area (Å²) in [6.07, 6.45) is 2.92. The summed E-state index contributed by atoms with van der Waals surface area (Å²) in [7, 11) is 0. The van der Waals surface area contributed by atoms with Gasteiger partial charge in [0.15, 0.2) is 5.82 Å². The fourth-order valence-electron chi connectivity index (χ4n) is 3.54. The van der Waals surface area contributed by atoms with E-state index in [1.165, 1.54) is 0 Å². The third-order valence-electron chi connectivity index (χ3n) is 5.10. The lowest BCUT2D eigenvalue weighted by molar-refractivity contribution is -0.124. The standard InChI is InChI=1S/C23H25N5O3/c1-15-11-16(2)28(27-15)21-9-8-17(13-24-21)14-25-22(29)18-5-3-6-19(12-18)26-23(30)20-7-4-10-31-20/h3,5-6,8-9,11-13,20H,4,7,10,14H2,1-2H3,(H,25,29)(H,26,30)/t20-/m0/s1. The minimum Gasteiger partial charge on any atom is -0.368 e. The smallest absolute Gasteiger partial charge is 0.253 e. The molecule has 1 aliphatic heterocycles. The molecule has 0 saturated carbocycles. The molecule has 160 valence electrons. The van der Waals surface area contributed by atoms with Crippen LogP contribution in [0.4, 0.5) is 5.69 Å². The molecule has 0 bridgehead atoms. The van der Waals surface area contributed by atoms with Crippen molar-refractivity contribution in [2.45, 2.75) is 39.3 Å². The number of benzene rings is 1.